The highest BCUT2D eigenvalue weighted by atomic mass is 16.3. The molecule has 1 aromatic rings. The summed E-state index contributed by atoms with van der Waals surface area (Å²) in [7, 11) is 0. The largest absolute Gasteiger partial charge is 0.508 e. The highest BCUT2D eigenvalue weighted by Crippen LogP contribution is 2.32. The zero-order chi connectivity index (χ0) is 16.0. The smallest absolute Gasteiger partial charge is 0.119 e. The molecule has 1 unspecified atom stereocenters. The molecule has 0 aliphatic carbocycles. The van der Waals surface area contributed by atoms with Crippen LogP contribution in [0, 0.1) is 0 Å². The molecule has 0 saturated heterocycles. The number of rotatable bonds is 13. The molecule has 0 fully saturated rings. The van der Waals surface area contributed by atoms with Gasteiger partial charge in [0, 0.05) is 0 Å². The lowest BCUT2D eigenvalue weighted by atomic mass is 9.89. The van der Waals surface area contributed by atoms with Gasteiger partial charge in [-0.1, -0.05) is 89.0 Å². The topological polar surface area (TPSA) is 20.2 Å². The second-order valence-electron chi connectivity index (χ2n) is 6.40. The number of phenolic OH excluding ortho intramolecular Hbond substituents is 1. The van der Waals surface area contributed by atoms with Crippen molar-refractivity contribution >= 4 is 0 Å². The summed E-state index contributed by atoms with van der Waals surface area (Å²) in [5.74, 6) is 0.855. The van der Waals surface area contributed by atoms with E-state index in [0.29, 0.717) is 11.7 Å². The zero-order valence-electron chi connectivity index (χ0n) is 14.4. The fourth-order valence-electron chi connectivity index (χ4n) is 3.14. The molecule has 22 heavy (non-hydrogen) atoms. The summed E-state index contributed by atoms with van der Waals surface area (Å²) in [6.07, 6.45) is 16.3. The third-order valence-corrected chi connectivity index (χ3v) is 4.48. The fourth-order valence-corrected chi connectivity index (χ4v) is 3.14. The van der Waals surface area contributed by atoms with E-state index in [2.05, 4.69) is 19.6 Å². The van der Waals surface area contributed by atoms with E-state index in [1.54, 1.807) is 6.07 Å². The summed E-state index contributed by atoms with van der Waals surface area (Å²) < 4.78 is 0. The Kier molecular flexibility index (Phi) is 10.5. The van der Waals surface area contributed by atoms with Crippen LogP contribution < -0.4 is 0 Å². The molecular weight excluding hydrogens is 268 g/mol. The van der Waals surface area contributed by atoms with E-state index in [9.17, 15) is 5.11 Å². The van der Waals surface area contributed by atoms with Gasteiger partial charge in [0.25, 0.3) is 0 Å². The van der Waals surface area contributed by atoms with Crippen LogP contribution in [0.3, 0.4) is 0 Å². The minimum Gasteiger partial charge on any atom is -0.508 e. The monoisotopic (exact) mass is 302 g/mol. The van der Waals surface area contributed by atoms with Crippen LogP contribution in [0.1, 0.15) is 89.0 Å². The van der Waals surface area contributed by atoms with Crippen LogP contribution in [0.2, 0.25) is 0 Å². The van der Waals surface area contributed by atoms with E-state index >= 15 is 0 Å². The van der Waals surface area contributed by atoms with E-state index in [1.807, 2.05) is 18.2 Å². The van der Waals surface area contributed by atoms with Crippen molar-refractivity contribution < 1.29 is 5.11 Å². The molecule has 0 amide bonds. The van der Waals surface area contributed by atoms with E-state index < -0.39 is 0 Å². The molecule has 1 rings (SSSR count). The Hall–Kier alpha value is -1.24. The maximum atomic E-state index is 10.0. The highest BCUT2D eigenvalue weighted by molar-refractivity contribution is 5.35. The van der Waals surface area contributed by atoms with Gasteiger partial charge in [0.1, 0.15) is 5.75 Å². The standard InChI is InChI=1S/C21H34O/c1-3-5-6-7-8-9-10-11-12-16-19(15-4-2)20-17-13-14-18-21(20)22/h4,13-14,17-19,22H,2-3,5-12,15-16H2,1H3. The minimum atomic E-state index is 0.420. The van der Waals surface area contributed by atoms with Crippen LogP contribution in [-0.4, -0.2) is 5.11 Å². The number of phenols is 1. The van der Waals surface area contributed by atoms with Gasteiger partial charge >= 0.3 is 0 Å². The molecule has 1 atom stereocenters. The summed E-state index contributed by atoms with van der Waals surface area (Å²) in [5, 5.41) is 10.0. The fraction of sp³-hybridized carbons (Fsp3) is 0.619. The summed E-state index contributed by atoms with van der Waals surface area (Å²) in [4.78, 5) is 0. The van der Waals surface area contributed by atoms with Crippen LogP contribution >= 0.6 is 0 Å². The lowest BCUT2D eigenvalue weighted by Crippen LogP contribution is -1.98. The SMILES string of the molecule is C=CCC(CCCCCCCCCCC)c1ccccc1O. The Morgan fingerprint density at radius 1 is 0.955 bits per heavy atom. The molecule has 1 heteroatoms. The second-order valence-corrected chi connectivity index (χ2v) is 6.40. The van der Waals surface area contributed by atoms with Gasteiger partial charge < -0.3 is 5.11 Å². The quantitative estimate of drug-likeness (QED) is 0.308. The average Bonchev–Trinajstić information content (AvgIpc) is 2.53. The maximum absolute atomic E-state index is 10.0. The van der Waals surface area contributed by atoms with Gasteiger partial charge in [-0.2, -0.15) is 0 Å². The Bertz CT molecular complexity index is 397. The van der Waals surface area contributed by atoms with E-state index in [0.717, 1.165) is 18.4 Å². The second kappa shape index (κ2) is 12.3. The Labute approximate surface area is 137 Å². The number of allylic oxidation sites excluding steroid dienone is 1. The number of hydrogen-bond donors (Lipinski definition) is 1. The van der Waals surface area contributed by atoms with Crippen molar-refractivity contribution in [2.24, 2.45) is 0 Å². The summed E-state index contributed by atoms with van der Waals surface area (Å²) in [5.41, 5.74) is 1.09. The van der Waals surface area contributed by atoms with Crippen molar-refractivity contribution in [3.8, 4) is 5.75 Å². The van der Waals surface area contributed by atoms with Crippen LogP contribution in [0.4, 0.5) is 0 Å². The van der Waals surface area contributed by atoms with Crippen LogP contribution in [-0.2, 0) is 0 Å². The first-order valence-corrected chi connectivity index (χ1v) is 9.18. The molecule has 0 heterocycles. The van der Waals surface area contributed by atoms with Crippen molar-refractivity contribution in [3.63, 3.8) is 0 Å². The normalized spacial score (nSPS) is 12.2. The molecule has 0 radical (unpaired) electrons. The minimum absolute atomic E-state index is 0.420. The molecule has 1 aromatic carbocycles. The predicted molar refractivity (Wildman–Crippen MR) is 97.5 cm³/mol. The van der Waals surface area contributed by atoms with Gasteiger partial charge in [0.05, 0.1) is 0 Å². The third-order valence-electron chi connectivity index (χ3n) is 4.48. The van der Waals surface area contributed by atoms with E-state index in [1.165, 1.54) is 57.8 Å². The van der Waals surface area contributed by atoms with E-state index in [4.69, 9.17) is 0 Å². The maximum Gasteiger partial charge on any atom is 0.119 e. The van der Waals surface area contributed by atoms with E-state index in [-0.39, 0.29) is 0 Å². The summed E-state index contributed by atoms with van der Waals surface area (Å²) >= 11 is 0. The van der Waals surface area contributed by atoms with Gasteiger partial charge in [-0.05, 0) is 30.4 Å². The molecular formula is C21H34O. The first kappa shape index (κ1) is 18.8. The first-order valence-electron chi connectivity index (χ1n) is 9.18. The molecule has 0 aliphatic rings. The lowest BCUT2D eigenvalue weighted by molar-refractivity contribution is 0.452. The average molecular weight is 303 g/mol. The Morgan fingerprint density at radius 2 is 1.55 bits per heavy atom. The van der Waals surface area contributed by atoms with Gasteiger partial charge in [0.2, 0.25) is 0 Å². The van der Waals surface area contributed by atoms with Gasteiger partial charge in [-0.3, -0.25) is 0 Å². The van der Waals surface area contributed by atoms with Gasteiger partial charge in [0.15, 0.2) is 0 Å². The molecule has 0 bridgehead atoms. The van der Waals surface area contributed by atoms with Gasteiger partial charge in [-0.15, -0.1) is 6.58 Å². The molecule has 0 saturated carbocycles. The van der Waals surface area contributed by atoms with Crippen LogP contribution in [0.15, 0.2) is 36.9 Å². The zero-order valence-corrected chi connectivity index (χ0v) is 14.4. The van der Waals surface area contributed by atoms with Crippen molar-refractivity contribution in [2.45, 2.75) is 83.5 Å². The third kappa shape index (κ3) is 7.68. The number of hydrogen-bond acceptors (Lipinski definition) is 1. The summed E-state index contributed by atoms with van der Waals surface area (Å²) in [6.45, 7) is 6.14. The van der Waals surface area contributed by atoms with Crippen molar-refractivity contribution in [2.75, 3.05) is 0 Å². The van der Waals surface area contributed by atoms with Gasteiger partial charge in [-0.25, -0.2) is 0 Å². The lowest BCUT2D eigenvalue weighted by Gasteiger charge is -2.16. The number of aromatic hydroxyl groups is 1. The molecule has 0 aromatic heterocycles. The molecule has 124 valence electrons. The molecule has 1 nitrogen and oxygen atoms in total. The Balaban J connectivity index is 2.20. The van der Waals surface area contributed by atoms with Crippen LogP contribution in [0.25, 0.3) is 0 Å². The number of unbranched alkanes of at least 4 members (excludes halogenated alkanes) is 8. The highest BCUT2D eigenvalue weighted by Gasteiger charge is 2.13. The van der Waals surface area contributed by atoms with Crippen LogP contribution in [0.5, 0.6) is 5.75 Å². The summed E-state index contributed by atoms with van der Waals surface area (Å²) in [6, 6.07) is 7.75. The van der Waals surface area contributed by atoms with Crippen molar-refractivity contribution in [3.05, 3.63) is 42.5 Å². The molecule has 0 aliphatic heterocycles. The van der Waals surface area contributed by atoms with Crippen molar-refractivity contribution in [1.82, 2.24) is 0 Å². The predicted octanol–water partition coefficient (Wildman–Crippen LogP) is 6.97. The molecule has 0 spiro atoms. The molecule has 1 N–H and O–H groups in total. The first-order chi connectivity index (χ1) is 10.8. The number of benzene rings is 1. The Morgan fingerprint density at radius 3 is 2.14 bits per heavy atom. The number of para-hydroxylation sites is 1. The van der Waals surface area contributed by atoms with Crippen molar-refractivity contribution in [1.29, 1.82) is 0 Å².